The molecule has 24 heavy (non-hydrogen) atoms. The summed E-state index contributed by atoms with van der Waals surface area (Å²) in [5, 5.41) is 9.77. The quantitative estimate of drug-likeness (QED) is 0.345. The first-order valence-corrected chi connectivity index (χ1v) is 7.14. The molecule has 0 bridgehead atoms. The van der Waals surface area contributed by atoms with Crippen LogP contribution in [0.3, 0.4) is 0 Å². The molecule has 2 aromatic rings. The second-order valence-corrected chi connectivity index (χ2v) is 5.08. The van der Waals surface area contributed by atoms with E-state index in [0.29, 0.717) is 22.7 Å². The molecule has 0 aliphatic rings. The fourth-order valence-corrected chi connectivity index (χ4v) is 1.93. The third kappa shape index (κ3) is 4.33. The van der Waals surface area contributed by atoms with Crippen molar-refractivity contribution in [3.8, 4) is 5.75 Å². The normalized spacial score (nSPS) is 9.92. The summed E-state index contributed by atoms with van der Waals surface area (Å²) in [6.45, 7) is 1.47. The summed E-state index contributed by atoms with van der Waals surface area (Å²) in [5.74, 6) is -0.386. The predicted octanol–water partition coefficient (Wildman–Crippen LogP) is 2.19. The van der Waals surface area contributed by atoms with Crippen molar-refractivity contribution in [3.63, 3.8) is 0 Å². The van der Waals surface area contributed by atoms with Crippen LogP contribution in [0.1, 0.15) is 17.3 Å². The van der Waals surface area contributed by atoms with Gasteiger partial charge in [0.05, 0.1) is 5.56 Å². The lowest BCUT2D eigenvalue weighted by molar-refractivity contribution is -0.116. The van der Waals surface area contributed by atoms with Crippen molar-refractivity contribution in [2.45, 2.75) is 6.92 Å². The number of ether oxygens (including phenoxy) is 1. The lowest BCUT2D eigenvalue weighted by atomic mass is 10.2. The topological polar surface area (TPSA) is 109 Å². The maximum absolute atomic E-state index is 12.1. The standard InChI is InChI=1S/C17H18N4O3/c1-11(22)21(2)14-7-9-15(10-8-14)24-16(23)12-3-5-13(6-4-12)20-17(18)19/h3-10H,1-2H3,(H4,18,19,20). The van der Waals surface area contributed by atoms with Gasteiger partial charge in [0.2, 0.25) is 5.91 Å². The van der Waals surface area contributed by atoms with Gasteiger partial charge in [-0.2, -0.15) is 0 Å². The molecule has 0 atom stereocenters. The molecule has 0 spiro atoms. The molecular weight excluding hydrogens is 308 g/mol. The van der Waals surface area contributed by atoms with Crippen molar-refractivity contribution >= 4 is 29.2 Å². The predicted molar refractivity (Wildman–Crippen MR) is 92.5 cm³/mol. The van der Waals surface area contributed by atoms with Crippen LogP contribution in [0.4, 0.5) is 11.4 Å². The third-order valence-corrected chi connectivity index (χ3v) is 3.31. The minimum absolute atomic E-state index is 0.0843. The van der Waals surface area contributed by atoms with Gasteiger partial charge in [-0.05, 0) is 48.5 Å². The molecule has 4 N–H and O–H groups in total. The van der Waals surface area contributed by atoms with Gasteiger partial charge >= 0.3 is 5.97 Å². The van der Waals surface area contributed by atoms with E-state index in [1.54, 1.807) is 55.6 Å². The van der Waals surface area contributed by atoms with Crippen LogP contribution >= 0.6 is 0 Å². The van der Waals surface area contributed by atoms with Gasteiger partial charge < -0.3 is 20.7 Å². The number of hydrogen-bond donors (Lipinski definition) is 3. The van der Waals surface area contributed by atoms with E-state index < -0.39 is 5.97 Å². The lowest BCUT2D eigenvalue weighted by Crippen LogP contribution is -2.22. The Kier molecular flexibility index (Phi) is 5.16. The maximum atomic E-state index is 12.1. The fraction of sp³-hybridized carbons (Fsp3) is 0.118. The second-order valence-electron chi connectivity index (χ2n) is 5.08. The SMILES string of the molecule is CC(=O)N(C)c1ccc(OC(=O)c2ccc(NC(=N)N)cc2)cc1. The van der Waals surface area contributed by atoms with Gasteiger partial charge in [-0.1, -0.05) is 0 Å². The fourth-order valence-electron chi connectivity index (χ4n) is 1.93. The molecule has 0 aliphatic heterocycles. The van der Waals surface area contributed by atoms with E-state index >= 15 is 0 Å². The molecular formula is C17H18N4O3. The van der Waals surface area contributed by atoms with E-state index in [-0.39, 0.29) is 11.9 Å². The van der Waals surface area contributed by atoms with E-state index in [2.05, 4.69) is 5.32 Å². The highest BCUT2D eigenvalue weighted by atomic mass is 16.5. The van der Waals surface area contributed by atoms with Crippen molar-refractivity contribution in [3.05, 3.63) is 54.1 Å². The summed E-state index contributed by atoms with van der Waals surface area (Å²) < 4.78 is 5.29. The number of nitrogens with two attached hydrogens (primary N) is 1. The number of carbonyl (C=O) groups excluding carboxylic acids is 2. The van der Waals surface area contributed by atoms with Gasteiger partial charge in [0.15, 0.2) is 5.96 Å². The van der Waals surface area contributed by atoms with Crippen LogP contribution in [0.5, 0.6) is 5.75 Å². The summed E-state index contributed by atoms with van der Waals surface area (Å²) in [5.41, 5.74) is 6.92. The van der Waals surface area contributed by atoms with E-state index in [1.807, 2.05) is 0 Å². The van der Waals surface area contributed by atoms with Crippen LogP contribution in [-0.2, 0) is 4.79 Å². The Morgan fingerprint density at radius 2 is 1.67 bits per heavy atom. The number of guanidine groups is 1. The highest BCUT2D eigenvalue weighted by Gasteiger charge is 2.10. The zero-order chi connectivity index (χ0) is 17.7. The Morgan fingerprint density at radius 3 is 2.17 bits per heavy atom. The first kappa shape index (κ1) is 17.0. The molecule has 0 saturated carbocycles. The zero-order valence-corrected chi connectivity index (χ0v) is 13.4. The highest BCUT2D eigenvalue weighted by Crippen LogP contribution is 2.20. The largest absolute Gasteiger partial charge is 0.423 e. The van der Waals surface area contributed by atoms with E-state index in [1.165, 1.54) is 11.8 Å². The Balaban J connectivity index is 2.04. The molecule has 0 heterocycles. The summed E-state index contributed by atoms with van der Waals surface area (Å²) in [4.78, 5) is 24.9. The van der Waals surface area contributed by atoms with Gasteiger partial charge in [-0.25, -0.2) is 4.79 Å². The average Bonchev–Trinajstić information content (AvgIpc) is 2.55. The molecule has 2 rings (SSSR count). The molecule has 7 nitrogen and oxygen atoms in total. The zero-order valence-electron chi connectivity index (χ0n) is 13.4. The molecule has 0 radical (unpaired) electrons. The molecule has 0 saturated heterocycles. The second kappa shape index (κ2) is 7.28. The number of nitrogens with zero attached hydrogens (tertiary/aromatic N) is 1. The summed E-state index contributed by atoms with van der Waals surface area (Å²) in [7, 11) is 1.67. The van der Waals surface area contributed by atoms with Crippen molar-refractivity contribution in [1.29, 1.82) is 5.41 Å². The molecule has 2 aromatic carbocycles. The van der Waals surface area contributed by atoms with Crippen LogP contribution in [0.25, 0.3) is 0 Å². The van der Waals surface area contributed by atoms with Gasteiger partial charge in [0.1, 0.15) is 5.75 Å². The van der Waals surface area contributed by atoms with Crippen LogP contribution in [-0.4, -0.2) is 24.9 Å². The Labute approximate surface area is 139 Å². The monoisotopic (exact) mass is 326 g/mol. The first-order chi connectivity index (χ1) is 11.4. The van der Waals surface area contributed by atoms with E-state index in [4.69, 9.17) is 15.9 Å². The number of carbonyl (C=O) groups is 2. The summed E-state index contributed by atoms with van der Waals surface area (Å²) in [6, 6.07) is 13.0. The Bertz CT molecular complexity index is 754. The summed E-state index contributed by atoms with van der Waals surface area (Å²) >= 11 is 0. The van der Waals surface area contributed by atoms with Gasteiger partial charge in [0, 0.05) is 25.3 Å². The number of rotatable bonds is 4. The van der Waals surface area contributed by atoms with E-state index in [0.717, 1.165) is 0 Å². The minimum atomic E-state index is -0.503. The number of amides is 1. The van der Waals surface area contributed by atoms with E-state index in [9.17, 15) is 9.59 Å². The molecule has 0 aromatic heterocycles. The number of benzene rings is 2. The molecule has 0 fully saturated rings. The first-order valence-electron chi connectivity index (χ1n) is 7.14. The van der Waals surface area contributed by atoms with Crippen LogP contribution < -0.4 is 20.7 Å². The molecule has 0 aliphatic carbocycles. The molecule has 1 amide bonds. The van der Waals surface area contributed by atoms with Crippen LogP contribution in [0, 0.1) is 5.41 Å². The van der Waals surface area contributed by atoms with Crippen LogP contribution in [0.15, 0.2) is 48.5 Å². The van der Waals surface area contributed by atoms with Crippen molar-refractivity contribution in [2.24, 2.45) is 5.73 Å². The van der Waals surface area contributed by atoms with Gasteiger partial charge in [-0.15, -0.1) is 0 Å². The van der Waals surface area contributed by atoms with Gasteiger partial charge in [0.25, 0.3) is 0 Å². The van der Waals surface area contributed by atoms with Gasteiger partial charge in [-0.3, -0.25) is 10.2 Å². The highest BCUT2D eigenvalue weighted by molar-refractivity contribution is 5.94. The summed E-state index contributed by atoms with van der Waals surface area (Å²) in [6.07, 6.45) is 0. The molecule has 7 heteroatoms. The van der Waals surface area contributed by atoms with Crippen molar-refractivity contribution in [2.75, 3.05) is 17.3 Å². The minimum Gasteiger partial charge on any atom is -0.423 e. The number of nitrogens with one attached hydrogen (secondary N) is 2. The molecule has 124 valence electrons. The number of hydrogen-bond acceptors (Lipinski definition) is 4. The third-order valence-electron chi connectivity index (χ3n) is 3.31. The van der Waals surface area contributed by atoms with Crippen molar-refractivity contribution < 1.29 is 14.3 Å². The maximum Gasteiger partial charge on any atom is 0.343 e. The smallest absolute Gasteiger partial charge is 0.343 e. The lowest BCUT2D eigenvalue weighted by Gasteiger charge is -2.15. The van der Waals surface area contributed by atoms with Crippen molar-refractivity contribution in [1.82, 2.24) is 0 Å². The Morgan fingerprint density at radius 1 is 1.08 bits per heavy atom. The average molecular weight is 326 g/mol. The Hall–Kier alpha value is -3.35. The number of esters is 1. The van der Waals surface area contributed by atoms with Crippen LogP contribution in [0.2, 0.25) is 0 Å². The molecule has 0 unspecified atom stereocenters. The number of anilines is 2.